The van der Waals surface area contributed by atoms with Crippen LogP contribution in [0.4, 0.5) is 0 Å². The lowest BCUT2D eigenvalue weighted by molar-refractivity contribution is 0.0697. The molecular formula is C16H18ClNO2. The van der Waals surface area contributed by atoms with Crippen LogP contribution in [-0.4, -0.2) is 15.6 Å². The number of aromatic carboxylic acids is 1. The van der Waals surface area contributed by atoms with Crippen molar-refractivity contribution in [2.24, 2.45) is 0 Å². The number of para-hydroxylation sites is 1. The molecule has 0 atom stereocenters. The highest BCUT2D eigenvalue weighted by molar-refractivity contribution is 6.35. The van der Waals surface area contributed by atoms with Gasteiger partial charge in [-0.05, 0) is 25.8 Å². The maximum atomic E-state index is 11.6. The van der Waals surface area contributed by atoms with Crippen molar-refractivity contribution in [1.82, 2.24) is 4.57 Å². The van der Waals surface area contributed by atoms with Gasteiger partial charge in [0.15, 0.2) is 0 Å². The van der Waals surface area contributed by atoms with E-state index in [1.54, 1.807) is 0 Å². The monoisotopic (exact) mass is 291 g/mol. The molecular weight excluding hydrogens is 274 g/mol. The standard InChI is InChI=1S/C16H18ClNO2/c1-10-14(16(19)20)12-8-5-9-13(17)15(12)18(10)11-6-3-2-4-7-11/h5,8-9,11H,2-4,6-7H2,1H3,(H,19,20). The number of aromatic nitrogens is 1. The summed E-state index contributed by atoms with van der Waals surface area (Å²) in [6.07, 6.45) is 5.89. The van der Waals surface area contributed by atoms with Gasteiger partial charge in [0.1, 0.15) is 0 Å². The first-order valence-electron chi connectivity index (χ1n) is 7.13. The molecule has 1 heterocycles. The molecule has 1 aromatic heterocycles. The van der Waals surface area contributed by atoms with Gasteiger partial charge in [0.05, 0.1) is 16.1 Å². The Labute approximate surface area is 123 Å². The summed E-state index contributed by atoms with van der Waals surface area (Å²) in [4.78, 5) is 11.6. The molecule has 1 saturated carbocycles. The Kier molecular flexibility index (Phi) is 3.47. The summed E-state index contributed by atoms with van der Waals surface area (Å²) in [5.74, 6) is -0.871. The smallest absolute Gasteiger partial charge is 0.338 e. The molecule has 20 heavy (non-hydrogen) atoms. The molecule has 0 unspecified atom stereocenters. The minimum atomic E-state index is -0.871. The highest BCUT2D eigenvalue weighted by Gasteiger charge is 2.26. The summed E-state index contributed by atoms with van der Waals surface area (Å²) in [6.45, 7) is 1.90. The fraction of sp³-hybridized carbons (Fsp3) is 0.438. The maximum Gasteiger partial charge on any atom is 0.338 e. The van der Waals surface area contributed by atoms with E-state index >= 15 is 0 Å². The first kappa shape index (κ1) is 13.5. The molecule has 0 aliphatic heterocycles. The van der Waals surface area contributed by atoms with Gasteiger partial charge in [0, 0.05) is 17.1 Å². The van der Waals surface area contributed by atoms with Crippen molar-refractivity contribution in [3.8, 4) is 0 Å². The Morgan fingerprint density at radius 3 is 2.65 bits per heavy atom. The Bertz CT molecular complexity index is 669. The molecule has 0 amide bonds. The van der Waals surface area contributed by atoms with Crippen molar-refractivity contribution in [2.75, 3.05) is 0 Å². The van der Waals surface area contributed by atoms with Crippen molar-refractivity contribution in [3.05, 3.63) is 34.5 Å². The van der Waals surface area contributed by atoms with Crippen LogP contribution in [0.25, 0.3) is 10.9 Å². The van der Waals surface area contributed by atoms with E-state index < -0.39 is 5.97 Å². The van der Waals surface area contributed by atoms with Gasteiger partial charge >= 0.3 is 5.97 Å². The van der Waals surface area contributed by atoms with Gasteiger partial charge in [-0.1, -0.05) is 43.0 Å². The van der Waals surface area contributed by atoms with Crippen molar-refractivity contribution in [2.45, 2.75) is 45.1 Å². The molecule has 3 rings (SSSR count). The zero-order valence-electron chi connectivity index (χ0n) is 11.5. The number of benzene rings is 1. The topological polar surface area (TPSA) is 42.2 Å². The number of carboxylic acids is 1. The van der Waals surface area contributed by atoms with E-state index in [-0.39, 0.29) is 0 Å². The van der Waals surface area contributed by atoms with Gasteiger partial charge in [-0.3, -0.25) is 0 Å². The van der Waals surface area contributed by atoms with E-state index in [0.717, 1.165) is 29.4 Å². The lowest BCUT2D eigenvalue weighted by Crippen LogP contribution is -2.14. The fourth-order valence-corrected chi connectivity index (χ4v) is 3.78. The molecule has 1 aliphatic rings. The van der Waals surface area contributed by atoms with Gasteiger partial charge in [0.2, 0.25) is 0 Å². The molecule has 1 fully saturated rings. The number of nitrogens with zero attached hydrogens (tertiary/aromatic N) is 1. The van der Waals surface area contributed by atoms with Gasteiger partial charge in [-0.2, -0.15) is 0 Å². The van der Waals surface area contributed by atoms with Crippen LogP contribution in [0.5, 0.6) is 0 Å². The summed E-state index contributed by atoms with van der Waals surface area (Å²) in [6, 6.07) is 5.90. The molecule has 2 aromatic rings. The average molecular weight is 292 g/mol. The van der Waals surface area contributed by atoms with E-state index in [9.17, 15) is 9.90 Å². The second-order valence-electron chi connectivity index (χ2n) is 5.56. The number of rotatable bonds is 2. The fourth-order valence-electron chi connectivity index (χ4n) is 3.51. The third-order valence-corrected chi connectivity index (χ3v) is 4.68. The molecule has 1 aromatic carbocycles. The number of carbonyl (C=O) groups is 1. The molecule has 0 saturated heterocycles. The lowest BCUT2D eigenvalue weighted by atomic mass is 9.95. The Morgan fingerprint density at radius 1 is 1.30 bits per heavy atom. The van der Waals surface area contributed by atoms with Crippen LogP contribution < -0.4 is 0 Å². The molecule has 0 radical (unpaired) electrons. The number of hydrogen-bond acceptors (Lipinski definition) is 1. The first-order valence-corrected chi connectivity index (χ1v) is 7.51. The van der Waals surface area contributed by atoms with Crippen LogP contribution in [0.15, 0.2) is 18.2 Å². The minimum Gasteiger partial charge on any atom is -0.478 e. The normalized spacial score (nSPS) is 16.7. The second-order valence-corrected chi connectivity index (χ2v) is 5.97. The Hall–Kier alpha value is -1.48. The molecule has 106 valence electrons. The first-order chi connectivity index (χ1) is 9.61. The predicted octanol–water partition coefficient (Wildman–Crippen LogP) is 4.81. The van der Waals surface area contributed by atoms with Gasteiger partial charge in [0.25, 0.3) is 0 Å². The van der Waals surface area contributed by atoms with Gasteiger partial charge in [-0.15, -0.1) is 0 Å². The van der Waals surface area contributed by atoms with Crippen LogP contribution in [0.2, 0.25) is 5.02 Å². The molecule has 0 bridgehead atoms. The zero-order valence-corrected chi connectivity index (χ0v) is 12.3. The van der Waals surface area contributed by atoms with Crippen molar-refractivity contribution < 1.29 is 9.90 Å². The second kappa shape index (κ2) is 5.13. The number of fused-ring (bicyclic) bond motifs is 1. The number of halogens is 1. The lowest BCUT2D eigenvalue weighted by Gasteiger charge is -2.26. The summed E-state index contributed by atoms with van der Waals surface area (Å²) in [5.41, 5.74) is 2.11. The maximum absolute atomic E-state index is 11.6. The molecule has 3 nitrogen and oxygen atoms in total. The number of carboxylic acid groups (broad SMARTS) is 1. The van der Waals surface area contributed by atoms with Gasteiger partial charge < -0.3 is 9.67 Å². The Morgan fingerprint density at radius 2 is 2.00 bits per heavy atom. The summed E-state index contributed by atoms with van der Waals surface area (Å²) >= 11 is 6.36. The third-order valence-electron chi connectivity index (χ3n) is 4.37. The van der Waals surface area contributed by atoms with E-state index in [4.69, 9.17) is 11.6 Å². The van der Waals surface area contributed by atoms with E-state index in [2.05, 4.69) is 4.57 Å². The van der Waals surface area contributed by atoms with E-state index in [1.807, 2.05) is 25.1 Å². The van der Waals surface area contributed by atoms with Gasteiger partial charge in [-0.25, -0.2) is 4.79 Å². The Balaban J connectivity index is 2.29. The SMILES string of the molecule is Cc1c(C(=O)O)c2cccc(Cl)c2n1C1CCCCC1. The third kappa shape index (κ3) is 2.01. The predicted molar refractivity (Wildman–Crippen MR) is 80.8 cm³/mol. The highest BCUT2D eigenvalue weighted by atomic mass is 35.5. The van der Waals surface area contributed by atoms with Crippen molar-refractivity contribution in [1.29, 1.82) is 0 Å². The summed E-state index contributed by atoms with van der Waals surface area (Å²) in [5, 5.41) is 10.9. The van der Waals surface area contributed by atoms with Crippen LogP contribution in [-0.2, 0) is 0 Å². The molecule has 0 spiro atoms. The zero-order chi connectivity index (χ0) is 14.3. The van der Waals surface area contributed by atoms with Crippen LogP contribution in [0.1, 0.15) is 54.2 Å². The minimum absolute atomic E-state index is 0.374. The summed E-state index contributed by atoms with van der Waals surface area (Å²) in [7, 11) is 0. The van der Waals surface area contributed by atoms with Crippen LogP contribution in [0.3, 0.4) is 0 Å². The molecule has 1 N–H and O–H groups in total. The summed E-state index contributed by atoms with van der Waals surface area (Å²) < 4.78 is 2.17. The van der Waals surface area contributed by atoms with Crippen molar-refractivity contribution in [3.63, 3.8) is 0 Å². The molecule has 4 heteroatoms. The average Bonchev–Trinajstić information content (AvgIpc) is 2.73. The number of hydrogen-bond donors (Lipinski definition) is 1. The van der Waals surface area contributed by atoms with Crippen molar-refractivity contribution >= 4 is 28.5 Å². The van der Waals surface area contributed by atoms with Crippen LogP contribution >= 0.6 is 11.6 Å². The highest BCUT2D eigenvalue weighted by Crippen LogP contribution is 2.38. The largest absolute Gasteiger partial charge is 0.478 e. The van der Waals surface area contributed by atoms with Crippen LogP contribution in [0, 0.1) is 6.92 Å². The van der Waals surface area contributed by atoms with E-state index in [1.165, 1.54) is 19.3 Å². The quantitative estimate of drug-likeness (QED) is 0.863. The van der Waals surface area contributed by atoms with E-state index in [0.29, 0.717) is 16.6 Å². The molecule has 1 aliphatic carbocycles.